The molecule has 1 aliphatic heterocycles. The number of carbonyl (C=O) groups excluding carboxylic acids is 1. The minimum atomic E-state index is 0.111. The van der Waals surface area contributed by atoms with E-state index in [-0.39, 0.29) is 5.91 Å². The van der Waals surface area contributed by atoms with Crippen LogP contribution in [0.15, 0.2) is 24.3 Å². The van der Waals surface area contributed by atoms with Gasteiger partial charge in [-0.05, 0) is 18.1 Å². The summed E-state index contributed by atoms with van der Waals surface area (Å²) in [6, 6.07) is 7.73. The SMILES string of the molecule is Nc1ccccc1CCC(=O)NCCN1CCSCC1. The predicted octanol–water partition coefficient (Wildman–Crippen LogP) is 1.37. The van der Waals surface area contributed by atoms with Crippen LogP contribution >= 0.6 is 11.8 Å². The second-order valence-electron chi connectivity index (χ2n) is 5.00. The second-order valence-corrected chi connectivity index (χ2v) is 6.23. The van der Waals surface area contributed by atoms with Crippen molar-refractivity contribution in [3.8, 4) is 0 Å². The number of hydrogen-bond acceptors (Lipinski definition) is 4. The third-order valence-electron chi connectivity index (χ3n) is 3.53. The molecule has 1 heterocycles. The molecule has 2 rings (SSSR count). The van der Waals surface area contributed by atoms with Gasteiger partial charge in [-0.2, -0.15) is 11.8 Å². The maximum atomic E-state index is 11.8. The van der Waals surface area contributed by atoms with E-state index in [1.165, 1.54) is 11.5 Å². The van der Waals surface area contributed by atoms with E-state index in [1.54, 1.807) is 0 Å². The van der Waals surface area contributed by atoms with E-state index in [4.69, 9.17) is 5.73 Å². The summed E-state index contributed by atoms with van der Waals surface area (Å²) in [7, 11) is 0. The maximum absolute atomic E-state index is 11.8. The van der Waals surface area contributed by atoms with Crippen LogP contribution < -0.4 is 11.1 Å². The first kappa shape index (κ1) is 15.2. The first-order valence-electron chi connectivity index (χ1n) is 7.16. The zero-order valence-corrected chi connectivity index (χ0v) is 12.6. The highest BCUT2D eigenvalue weighted by molar-refractivity contribution is 7.99. The zero-order chi connectivity index (χ0) is 14.2. The summed E-state index contributed by atoms with van der Waals surface area (Å²) in [4.78, 5) is 14.2. The largest absolute Gasteiger partial charge is 0.399 e. The minimum absolute atomic E-state index is 0.111. The minimum Gasteiger partial charge on any atom is -0.399 e. The van der Waals surface area contributed by atoms with Crippen LogP contribution in [0.25, 0.3) is 0 Å². The highest BCUT2D eigenvalue weighted by Crippen LogP contribution is 2.12. The number of benzene rings is 1. The highest BCUT2D eigenvalue weighted by Gasteiger charge is 2.10. The number of carbonyl (C=O) groups is 1. The molecular formula is C15H23N3OS. The van der Waals surface area contributed by atoms with Gasteiger partial charge in [-0.1, -0.05) is 18.2 Å². The van der Waals surface area contributed by atoms with Gasteiger partial charge in [0.15, 0.2) is 0 Å². The molecule has 1 amide bonds. The van der Waals surface area contributed by atoms with Gasteiger partial charge in [-0.25, -0.2) is 0 Å². The average Bonchev–Trinajstić information content (AvgIpc) is 2.47. The van der Waals surface area contributed by atoms with Gasteiger partial charge in [-0.15, -0.1) is 0 Å². The molecule has 5 heteroatoms. The van der Waals surface area contributed by atoms with Crippen LogP contribution in [-0.4, -0.2) is 48.5 Å². The number of thioether (sulfide) groups is 1. The Kier molecular flexibility index (Phi) is 6.21. The Labute approximate surface area is 125 Å². The van der Waals surface area contributed by atoms with E-state index >= 15 is 0 Å². The number of hydrogen-bond donors (Lipinski definition) is 2. The monoisotopic (exact) mass is 293 g/mol. The Bertz CT molecular complexity index is 433. The molecule has 0 spiro atoms. The molecule has 0 aliphatic carbocycles. The van der Waals surface area contributed by atoms with Crippen molar-refractivity contribution in [1.29, 1.82) is 0 Å². The topological polar surface area (TPSA) is 58.4 Å². The molecule has 1 saturated heterocycles. The summed E-state index contributed by atoms with van der Waals surface area (Å²) < 4.78 is 0. The summed E-state index contributed by atoms with van der Waals surface area (Å²) >= 11 is 2.00. The van der Waals surface area contributed by atoms with Crippen molar-refractivity contribution in [2.45, 2.75) is 12.8 Å². The van der Waals surface area contributed by atoms with Crippen LogP contribution in [0.2, 0.25) is 0 Å². The lowest BCUT2D eigenvalue weighted by molar-refractivity contribution is -0.121. The first-order valence-corrected chi connectivity index (χ1v) is 8.31. The lowest BCUT2D eigenvalue weighted by atomic mass is 10.1. The molecule has 1 aromatic rings. The van der Waals surface area contributed by atoms with Crippen molar-refractivity contribution >= 4 is 23.4 Å². The van der Waals surface area contributed by atoms with Gasteiger partial charge in [-0.3, -0.25) is 9.69 Å². The van der Waals surface area contributed by atoms with Gasteiger partial charge in [0.2, 0.25) is 5.91 Å². The standard InChI is InChI=1S/C15H23N3OS/c16-14-4-2-1-3-13(14)5-6-15(19)17-7-8-18-9-11-20-12-10-18/h1-4H,5-12,16H2,(H,17,19). The molecule has 1 fully saturated rings. The van der Waals surface area contributed by atoms with Crippen LogP contribution in [0.4, 0.5) is 5.69 Å². The van der Waals surface area contributed by atoms with Gasteiger partial charge in [0.1, 0.15) is 0 Å². The smallest absolute Gasteiger partial charge is 0.220 e. The number of nitrogens with zero attached hydrogens (tertiary/aromatic N) is 1. The molecule has 110 valence electrons. The van der Waals surface area contributed by atoms with Crippen LogP contribution in [-0.2, 0) is 11.2 Å². The van der Waals surface area contributed by atoms with Gasteiger partial charge < -0.3 is 11.1 Å². The summed E-state index contributed by atoms with van der Waals surface area (Å²) in [5.41, 5.74) is 7.69. The Morgan fingerprint density at radius 2 is 2.05 bits per heavy atom. The number of rotatable bonds is 6. The number of aryl methyl sites for hydroxylation is 1. The van der Waals surface area contributed by atoms with E-state index in [0.29, 0.717) is 12.8 Å². The molecule has 0 aromatic heterocycles. The molecule has 0 unspecified atom stereocenters. The summed E-state index contributed by atoms with van der Waals surface area (Å²) in [5, 5.41) is 2.99. The van der Waals surface area contributed by atoms with E-state index in [2.05, 4.69) is 10.2 Å². The zero-order valence-electron chi connectivity index (χ0n) is 11.8. The van der Waals surface area contributed by atoms with E-state index < -0.39 is 0 Å². The van der Waals surface area contributed by atoms with Gasteiger partial charge in [0.25, 0.3) is 0 Å². The van der Waals surface area contributed by atoms with Crippen molar-refractivity contribution < 1.29 is 4.79 Å². The number of amides is 1. The number of anilines is 1. The van der Waals surface area contributed by atoms with Gasteiger partial charge in [0, 0.05) is 49.8 Å². The number of nitrogen functional groups attached to an aromatic ring is 1. The van der Waals surface area contributed by atoms with E-state index in [9.17, 15) is 4.79 Å². The molecular weight excluding hydrogens is 270 g/mol. The average molecular weight is 293 g/mol. The highest BCUT2D eigenvalue weighted by atomic mass is 32.2. The Morgan fingerprint density at radius 3 is 2.80 bits per heavy atom. The quantitative estimate of drug-likeness (QED) is 0.778. The molecule has 1 aromatic carbocycles. The maximum Gasteiger partial charge on any atom is 0.220 e. The van der Waals surface area contributed by atoms with E-state index in [0.717, 1.165) is 37.4 Å². The predicted molar refractivity (Wildman–Crippen MR) is 86.0 cm³/mol. The van der Waals surface area contributed by atoms with E-state index in [1.807, 2.05) is 36.0 Å². The Balaban J connectivity index is 1.62. The van der Waals surface area contributed by atoms with Crippen molar-refractivity contribution in [2.24, 2.45) is 0 Å². The molecule has 0 atom stereocenters. The molecule has 0 saturated carbocycles. The molecule has 20 heavy (non-hydrogen) atoms. The fourth-order valence-electron chi connectivity index (χ4n) is 2.28. The summed E-state index contributed by atoms with van der Waals surface area (Å²) in [5.74, 6) is 2.53. The number of para-hydroxylation sites is 1. The Hall–Kier alpha value is -1.20. The van der Waals surface area contributed by atoms with Crippen molar-refractivity contribution in [3.63, 3.8) is 0 Å². The second kappa shape index (κ2) is 8.17. The van der Waals surface area contributed by atoms with Crippen molar-refractivity contribution in [3.05, 3.63) is 29.8 Å². The van der Waals surface area contributed by atoms with Gasteiger partial charge >= 0.3 is 0 Å². The van der Waals surface area contributed by atoms with Crippen LogP contribution in [0.5, 0.6) is 0 Å². The normalized spacial score (nSPS) is 16.0. The number of nitrogens with one attached hydrogen (secondary N) is 1. The molecule has 0 radical (unpaired) electrons. The summed E-state index contributed by atoms with van der Waals surface area (Å²) in [6.45, 7) is 3.98. The Morgan fingerprint density at radius 1 is 1.30 bits per heavy atom. The third-order valence-corrected chi connectivity index (χ3v) is 4.47. The fraction of sp³-hybridized carbons (Fsp3) is 0.533. The molecule has 0 bridgehead atoms. The molecule has 1 aliphatic rings. The van der Waals surface area contributed by atoms with Gasteiger partial charge in [0.05, 0.1) is 0 Å². The lowest BCUT2D eigenvalue weighted by Gasteiger charge is -2.25. The van der Waals surface area contributed by atoms with Crippen molar-refractivity contribution in [2.75, 3.05) is 43.4 Å². The van der Waals surface area contributed by atoms with Crippen LogP contribution in [0.3, 0.4) is 0 Å². The first-order chi connectivity index (χ1) is 9.75. The third kappa shape index (κ3) is 5.06. The molecule has 3 N–H and O–H groups in total. The lowest BCUT2D eigenvalue weighted by Crippen LogP contribution is -2.39. The summed E-state index contributed by atoms with van der Waals surface area (Å²) in [6.07, 6.45) is 1.21. The number of nitrogens with two attached hydrogens (primary N) is 1. The molecule has 4 nitrogen and oxygen atoms in total. The fourth-order valence-corrected chi connectivity index (χ4v) is 3.26. The van der Waals surface area contributed by atoms with Crippen LogP contribution in [0, 0.1) is 0 Å². The van der Waals surface area contributed by atoms with Crippen molar-refractivity contribution in [1.82, 2.24) is 10.2 Å². The van der Waals surface area contributed by atoms with Crippen LogP contribution in [0.1, 0.15) is 12.0 Å².